The lowest BCUT2D eigenvalue weighted by Crippen LogP contribution is -2.41. The molecule has 0 N–H and O–H groups in total. The average Bonchev–Trinajstić information content (AvgIpc) is 3.28. The second-order valence-electron chi connectivity index (χ2n) is 7.83. The summed E-state index contributed by atoms with van der Waals surface area (Å²) < 4.78 is 29.8. The summed E-state index contributed by atoms with van der Waals surface area (Å²) >= 11 is 6.11. The van der Waals surface area contributed by atoms with Gasteiger partial charge in [-0.1, -0.05) is 36.7 Å². The highest BCUT2D eigenvalue weighted by Crippen LogP contribution is 2.26. The maximum absolute atomic E-state index is 13.4. The summed E-state index contributed by atoms with van der Waals surface area (Å²) in [6.07, 6.45) is 3.15. The van der Waals surface area contributed by atoms with Crippen LogP contribution in [-0.2, 0) is 34.0 Å². The van der Waals surface area contributed by atoms with Crippen LogP contribution in [0, 0.1) is 0 Å². The lowest BCUT2D eigenvalue weighted by atomic mass is 10.0. The third-order valence-corrected chi connectivity index (χ3v) is 7.66. The first kappa shape index (κ1) is 20.9. The highest BCUT2D eigenvalue weighted by Gasteiger charge is 2.35. The normalized spacial score (nSPS) is 18.0. The zero-order valence-corrected chi connectivity index (χ0v) is 18.4. The molecular formula is C23H24ClNO4S. The van der Waals surface area contributed by atoms with E-state index in [1.54, 1.807) is 17.2 Å². The predicted octanol–water partition coefficient (Wildman–Crippen LogP) is 4.41. The van der Waals surface area contributed by atoms with Gasteiger partial charge in [-0.2, -0.15) is 0 Å². The zero-order valence-electron chi connectivity index (χ0n) is 16.8. The molecule has 0 radical (unpaired) electrons. The minimum Gasteiger partial charge on any atom is -0.464 e. The number of nitrogens with zero attached hydrogens (tertiary/aromatic N) is 1. The van der Waals surface area contributed by atoms with E-state index in [-0.39, 0.29) is 29.9 Å². The van der Waals surface area contributed by atoms with Gasteiger partial charge in [0.2, 0.25) is 5.91 Å². The van der Waals surface area contributed by atoms with E-state index in [1.165, 1.54) is 5.56 Å². The molecule has 0 aliphatic carbocycles. The quantitative estimate of drug-likeness (QED) is 0.563. The fraction of sp³-hybridized carbons (Fsp3) is 0.348. The van der Waals surface area contributed by atoms with Crippen LogP contribution in [0.15, 0.2) is 53.1 Å². The lowest BCUT2D eigenvalue weighted by molar-refractivity contribution is -0.133. The topological polar surface area (TPSA) is 67.6 Å². The Morgan fingerprint density at radius 3 is 2.73 bits per heavy atom. The first-order chi connectivity index (χ1) is 14.3. The Morgan fingerprint density at radius 2 is 2.03 bits per heavy atom. The molecule has 5 nitrogen and oxygen atoms in total. The number of halogens is 1. The van der Waals surface area contributed by atoms with E-state index in [4.69, 9.17) is 16.0 Å². The Kier molecular flexibility index (Phi) is 5.89. The number of amides is 1. The second kappa shape index (κ2) is 8.44. The van der Waals surface area contributed by atoms with E-state index in [9.17, 15) is 13.2 Å². The van der Waals surface area contributed by atoms with Gasteiger partial charge in [-0.3, -0.25) is 4.79 Å². The number of hydrogen-bond acceptors (Lipinski definition) is 4. The highest BCUT2D eigenvalue weighted by atomic mass is 35.5. The van der Waals surface area contributed by atoms with Crippen molar-refractivity contribution < 1.29 is 17.6 Å². The van der Waals surface area contributed by atoms with Crippen molar-refractivity contribution >= 4 is 38.3 Å². The molecule has 3 aromatic rings. The van der Waals surface area contributed by atoms with Crippen LogP contribution in [0.2, 0.25) is 5.02 Å². The smallest absolute Gasteiger partial charge is 0.227 e. The molecule has 1 aliphatic heterocycles. The number of benzene rings is 2. The molecule has 0 spiro atoms. The van der Waals surface area contributed by atoms with Crippen molar-refractivity contribution in [3.8, 4) is 0 Å². The summed E-state index contributed by atoms with van der Waals surface area (Å²) in [5.74, 6) is 0.0124. The monoisotopic (exact) mass is 445 g/mol. The van der Waals surface area contributed by atoms with E-state index < -0.39 is 9.84 Å². The van der Waals surface area contributed by atoms with Gasteiger partial charge >= 0.3 is 0 Å². The molecular weight excluding hydrogens is 422 g/mol. The van der Waals surface area contributed by atoms with Crippen LogP contribution in [0.1, 0.15) is 30.0 Å². The highest BCUT2D eigenvalue weighted by molar-refractivity contribution is 7.91. The fourth-order valence-electron chi connectivity index (χ4n) is 4.02. The van der Waals surface area contributed by atoms with Crippen molar-refractivity contribution in [2.24, 2.45) is 0 Å². The summed E-state index contributed by atoms with van der Waals surface area (Å²) in [7, 11) is -3.12. The number of carbonyl (C=O) groups is 1. The van der Waals surface area contributed by atoms with Crippen LogP contribution in [-0.4, -0.2) is 36.8 Å². The van der Waals surface area contributed by atoms with E-state index in [2.05, 4.69) is 13.0 Å². The van der Waals surface area contributed by atoms with Gasteiger partial charge in [0.05, 0.1) is 24.2 Å². The van der Waals surface area contributed by atoms with E-state index >= 15 is 0 Å². The van der Waals surface area contributed by atoms with Crippen LogP contribution >= 0.6 is 11.6 Å². The molecule has 158 valence electrons. The predicted molar refractivity (Wildman–Crippen MR) is 118 cm³/mol. The fourth-order valence-corrected chi connectivity index (χ4v) is 5.97. The van der Waals surface area contributed by atoms with E-state index in [0.717, 1.165) is 28.5 Å². The molecule has 1 atom stereocenters. The van der Waals surface area contributed by atoms with Gasteiger partial charge in [0.25, 0.3) is 0 Å². The standard InChI is InChI=1S/C23H24ClNO4S/c1-2-16-6-7-22-21(11-16)18(14-29-22)12-23(26)25(20-8-9-30(27,28)15-20)13-17-4-3-5-19(24)10-17/h3-7,10-11,14,20H,2,8-9,12-13,15H2,1H3. The molecule has 1 aliphatic rings. The van der Waals surface area contributed by atoms with Crippen molar-refractivity contribution in [3.63, 3.8) is 0 Å². The lowest BCUT2D eigenvalue weighted by Gasteiger charge is -2.28. The molecule has 0 saturated carbocycles. The van der Waals surface area contributed by atoms with Gasteiger partial charge in [-0.15, -0.1) is 0 Å². The maximum Gasteiger partial charge on any atom is 0.227 e. The van der Waals surface area contributed by atoms with Crippen molar-refractivity contribution in [2.75, 3.05) is 11.5 Å². The van der Waals surface area contributed by atoms with Crippen molar-refractivity contribution in [1.82, 2.24) is 4.90 Å². The molecule has 1 fully saturated rings. The van der Waals surface area contributed by atoms with Crippen LogP contribution in [0.3, 0.4) is 0 Å². The number of furan rings is 1. The van der Waals surface area contributed by atoms with E-state index in [0.29, 0.717) is 18.0 Å². The molecule has 1 aromatic heterocycles. The SMILES string of the molecule is CCc1ccc2occ(CC(=O)N(Cc3cccc(Cl)c3)C3CCS(=O)(=O)C3)c2c1. The van der Waals surface area contributed by atoms with Gasteiger partial charge < -0.3 is 9.32 Å². The minimum atomic E-state index is -3.12. The van der Waals surface area contributed by atoms with Crippen LogP contribution in [0.25, 0.3) is 11.0 Å². The van der Waals surface area contributed by atoms with Crippen LogP contribution in [0.5, 0.6) is 0 Å². The summed E-state index contributed by atoms with van der Waals surface area (Å²) in [6, 6.07) is 13.0. The molecule has 30 heavy (non-hydrogen) atoms. The van der Waals surface area contributed by atoms with Crippen molar-refractivity contribution in [3.05, 3.63) is 70.4 Å². The first-order valence-electron chi connectivity index (χ1n) is 10.1. The molecule has 1 unspecified atom stereocenters. The van der Waals surface area contributed by atoms with Gasteiger partial charge in [0.1, 0.15) is 5.58 Å². The first-order valence-corrected chi connectivity index (χ1v) is 12.3. The number of aryl methyl sites for hydroxylation is 1. The molecule has 4 rings (SSSR count). The number of fused-ring (bicyclic) bond motifs is 1. The summed E-state index contributed by atoms with van der Waals surface area (Å²) in [6.45, 7) is 2.41. The Hall–Kier alpha value is -2.31. The largest absolute Gasteiger partial charge is 0.464 e. The summed E-state index contributed by atoms with van der Waals surface area (Å²) in [4.78, 5) is 15.0. The van der Waals surface area contributed by atoms with Gasteiger partial charge in [-0.25, -0.2) is 8.42 Å². The number of carbonyl (C=O) groups excluding carboxylic acids is 1. The van der Waals surface area contributed by atoms with Gasteiger partial charge in [0, 0.05) is 28.6 Å². The Morgan fingerprint density at radius 1 is 1.20 bits per heavy atom. The molecule has 2 aromatic carbocycles. The molecule has 2 heterocycles. The number of sulfone groups is 1. The second-order valence-corrected chi connectivity index (χ2v) is 10.5. The summed E-state index contributed by atoms with van der Waals surface area (Å²) in [5, 5.41) is 1.52. The molecule has 7 heteroatoms. The molecule has 0 bridgehead atoms. The van der Waals surface area contributed by atoms with Gasteiger partial charge in [-0.05, 0) is 48.2 Å². The maximum atomic E-state index is 13.4. The third-order valence-electron chi connectivity index (χ3n) is 5.68. The summed E-state index contributed by atoms with van der Waals surface area (Å²) in [5.41, 5.74) is 3.63. The van der Waals surface area contributed by atoms with Crippen molar-refractivity contribution in [1.29, 1.82) is 0 Å². The molecule has 1 saturated heterocycles. The average molecular weight is 446 g/mol. The number of rotatable bonds is 6. The Balaban J connectivity index is 1.62. The van der Waals surface area contributed by atoms with E-state index in [1.807, 2.05) is 30.3 Å². The zero-order chi connectivity index (χ0) is 21.3. The number of hydrogen-bond donors (Lipinski definition) is 0. The molecule has 1 amide bonds. The Bertz CT molecular complexity index is 1180. The third kappa shape index (κ3) is 4.55. The Labute approximate surface area is 181 Å². The van der Waals surface area contributed by atoms with Crippen LogP contribution in [0.4, 0.5) is 0 Å². The van der Waals surface area contributed by atoms with Crippen molar-refractivity contribution in [2.45, 2.75) is 38.8 Å². The van der Waals surface area contributed by atoms with Crippen LogP contribution < -0.4 is 0 Å². The van der Waals surface area contributed by atoms with Gasteiger partial charge in [0.15, 0.2) is 9.84 Å². The minimum absolute atomic E-state index is 0.00538.